The van der Waals surface area contributed by atoms with E-state index in [1.807, 2.05) is 37.3 Å². The summed E-state index contributed by atoms with van der Waals surface area (Å²) in [5, 5.41) is 17.7. The Labute approximate surface area is 147 Å². The molecule has 2 N–H and O–H groups in total. The van der Waals surface area contributed by atoms with Gasteiger partial charge in [0.1, 0.15) is 0 Å². The van der Waals surface area contributed by atoms with Crippen LogP contribution in [0.25, 0.3) is 5.69 Å². The summed E-state index contributed by atoms with van der Waals surface area (Å²) >= 11 is 0. The van der Waals surface area contributed by atoms with E-state index in [9.17, 15) is 4.79 Å². The SMILES string of the molecule is CCN1CCC[C@@H]1CNC(=O)N[C@@H](C)c1nnnn1-c1ccccc1. The number of amides is 2. The molecule has 2 atom stereocenters. The molecule has 134 valence electrons. The van der Waals surface area contributed by atoms with Crippen molar-refractivity contribution in [3.8, 4) is 5.69 Å². The standard InChI is InChI=1S/C17H25N7O/c1-3-23-11-7-10-15(23)12-18-17(25)19-13(2)16-20-21-22-24(16)14-8-5-4-6-9-14/h4-6,8-9,13,15H,3,7,10-12H2,1-2H3,(H2,18,19,25)/t13-,15+/m0/s1. The van der Waals surface area contributed by atoms with Crippen LogP contribution in [0.5, 0.6) is 0 Å². The average molecular weight is 343 g/mol. The Kier molecular flexibility index (Phi) is 5.60. The van der Waals surface area contributed by atoms with Gasteiger partial charge < -0.3 is 10.6 Å². The highest BCUT2D eigenvalue weighted by Crippen LogP contribution is 2.16. The molecular weight excluding hydrogens is 318 g/mol. The zero-order valence-electron chi connectivity index (χ0n) is 14.7. The number of likely N-dealkylation sites (tertiary alicyclic amines) is 1. The normalized spacial score (nSPS) is 18.9. The van der Waals surface area contributed by atoms with Crippen LogP contribution in [-0.4, -0.2) is 56.8 Å². The van der Waals surface area contributed by atoms with E-state index in [4.69, 9.17) is 0 Å². The second-order valence-electron chi connectivity index (χ2n) is 6.29. The summed E-state index contributed by atoms with van der Waals surface area (Å²) < 4.78 is 1.64. The fraction of sp³-hybridized carbons (Fsp3) is 0.529. The molecule has 1 aliphatic heterocycles. The number of benzene rings is 1. The lowest BCUT2D eigenvalue weighted by molar-refractivity contribution is 0.226. The molecule has 1 aromatic heterocycles. The Hall–Kier alpha value is -2.48. The molecule has 1 aromatic carbocycles. The van der Waals surface area contributed by atoms with Crippen LogP contribution < -0.4 is 10.6 Å². The van der Waals surface area contributed by atoms with E-state index < -0.39 is 0 Å². The number of nitrogens with one attached hydrogen (secondary N) is 2. The zero-order chi connectivity index (χ0) is 17.6. The van der Waals surface area contributed by atoms with Crippen molar-refractivity contribution in [2.45, 2.75) is 38.8 Å². The largest absolute Gasteiger partial charge is 0.337 e. The van der Waals surface area contributed by atoms with Gasteiger partial charge in [0.2, 0.25) is 0 Å². The van der Waals surface area contributed by atoms with Crippen LogP contribution >= 0.6 is 0 Å². The van der Waals surface area contributed by atoms with E-state index >= 15 is 0 Å². The monoisotopic (exact) mass is 343 g/mol. The summed E-state index contributed by atoms with van der Waals surface area (Å²) in [6.07, 6.45) is 2.33. The lowest BCUT2D eigenvalue weighted by atomic mass is 10.2. The molecular formula is C17H25N7O. The summed E-state index contributed by atoms with van der Waals surface area (Å²) in [4.78, 5) is 14.6. The van der Waals surface area contributed by atoms with Crippen LogP contribution in [0, 0.1) is 0 Å². The molecule has 0 saturated carbocycles. The number of hydrogen-bond donors (Lipinski definition) is 2. The number of para-hydroxylation sites is 1. The van der Waals surface area contributed by atoms with Crippen LogP contribution in [0.3, 0.4) is 0 Å². The minimum Gasteiger partial charge on any atom is -0.337 e. The van der Waals surface area contributed by atoms with Gasteiger partial charge in [0.05, 0.1) is 11.7 Å². The number of hydrogen-bond acceptors (Lipinski definition) is 5. The number of likely N-dealkylation sites (N-methyl/N-ethyl adjacent to an activating group) is 1. The Bertz CT molecular complexity index is 687. The highest BCUT2D eigenvalue weighted by atomic mass is 16.2. The van der Waals surface area contributed by atoms with Gasteiger partial charge >= 0.3 is 6.03 Å². The molecule has 0 bridgehead atoms. The molecule has 8 nitrogen and oxygen atoms in total. The Morgan fingerprint density at radius 3 is 2.92 bits per heavy atom. The fourth-order valence-corrected chi connectivity index (χ4v) is 3.28. The van der Waals surface area contributed by atoms with Gasteiger partial charge in [-0.15, -0.1) is 5.10 Å². The van der Waals surface area contributed by atoms with Crippen molar-refractivity contribution in [2.24, 2.45) is 0 Å². The molecule has 25 heavy (non-hydrogen) atoms. The first-order chi connectivity index (χ1) is 12.2. The topological polar surface area (TPSA) is 88.0 Å². The number of carbonyl (C=O) groups is 1. The average Bonchev–Trinajstić information content (AvgIpc) is 3.29. The third kappa shape index (κ3) is 4.14. The van der Waals surface area contributed by atoms with E-state index in [2.05, 4.69) is 38.0 Å². The summed E-state index contributed by atoms with van der Waals surface area (Å²) in [5.74, 6) is 0.595. The Morgan fingerprint density at radius 2 is 2.16 bits per heavy atom. The van der Waals surface area contributed by atoms with Gasteiger partial charge in [-0.25, -0.2) is 4.79 Å². The molecule has 0 radical (unpaired) electrons. The number of tetrazole rings is 1. The number of aromatic nitrogens is 4. The summed E-state index contributed by atoms with van der Waals surface area (Å²) in [5.41, 5.74) is 0.862. The molecule has 0 aliphatic carbocycles. The molecule has 2 amide bonds. The van der Waals surface area contributed by atoms with Crippen molar-refractivity contribution in [3.63, 3.8) is 0 Å². The van der Waals surface area contributed by atoms with Gasteiger partial charge in [-0.2, -0.15) is 4.68 Å². The zero-order valence-corrected chi connectivity index (χ0v) is 14.7. The van der Waals surface area contributed by atoms with Gasteiger partial charge in [0.15, 0.2) is 5.82 Å². The van der Waals surface area contributed by atoms with Gasteiger partial charge in [-0.05, 0) is 55.4 Å². The van der Waals surface area contributed by atoms with Crippen LogP contribution in [0.4, 0.5) is 4.79 Å². The molecule has 0 spiro atoms. The maximum atomic E-state index is 12.2. The van der Waals surface area contributed by atoms with Crippen molar-refractivity contribution in [2.75, 3.05) is 19.6 Å². The van der Waals surface area contributed by atoms with Gasteiger partial charge in [0, 0.05) is 12.6 Å². The minimum atomic E-state index is -0.305. The quantitative estimate of drug-likeness (QED) is 0.830. The lowest BCUT2D eigenvalue weighted by Crippen LogP contribution is -2.44. The molecule has 3 rings (SSSR count). The minimum absolute atomic E-state index is 0.196. The third-order valence-electron chi connectivity index (χ3n) is 4.63. The number of urea groups is 1. The first kappa shape index (κ1) is 17.3. The maximum absolute atomic E-state index is 12.2. The summed E-state index contributed by atoms with van der Waals surface area (Å²) in [7, 11) is 0. The summed E-state index contributed by atoms with van der Waals surface area (Å²) in [6, 6.07) is 9.56. The number of rotatable bonds is 6. The molecule has 8 heteroatoms. The van der Waals surface area contributed by atoms with Crippen molar-refractivity contribution in [1.82, 2.24) is 35.7 Å². The van der Waals surface area contributed by atoms with E-state index in [0.717, 1.165) is 25.2 Å². The highest BCUT2D eigenvalue weighted by Gasteiger charge is 2.24. The van der Waals surface area contributed by atoms with Crippen molar-refractivity contribution in [1.29, 1.82) is 0 Å². The smallest absolute Gasteiger partial charge is 0.315 e. The van der Waals surface area contributed by atoms with Crippen LogP contribution in [0.15, 0.2) is 30.3 Å². The summed E-state index contributed by atoms with van der Waals surface area (Å²) in [6.45, 7) is 6.83. The van der Waals surface area contributed by atoms with Crippen LogP contribution in [-0.2, 0) is 0 Å². The Balaban J connectivity index is 1.57. The Morgan fingerprint density at radius 1 is 1.36 bits per heavy atom. The number of nitrogens with zero attached hydrogens (tertiary/aromatic N) is 5. The van der Waals surface area contributed by atoms with Crippen molar-refractivity contribution < 1.29 is 4.79 Å². The lowest BCUT2D eigenvalue weighted by Gasteiger charge is -2.23. The molecule has 0 unspecified atom stereocenters. The predicted molar refractivity (Wildman–Crippen MR) is 94.4 cm³/mol. The highest BCUT2D eigenvalue weighted by molar-refractivity contribution is 5.74. The number of carbonyl (C=O) groups excluding carboxylic acids is 1. The second-order valence-corrected chi connectivity index (χ2v) is 6.29. The molecule has 1 aliphatic rings. The molecule has 2 aromatic rings. The third-order valence-corrected chi connectivity index (χ3v) is 4.63. The van der Waals surface area contributed by atoms with E-state index in [-0.39, 0.29) is 12.1 Å². The van der Waals surface area contributed by atoms with Gasteiger partial charge in [-0.3, -0.25) is 4.90 Å². The van der Waals surface area contributed by atoms with Crippen LogP contribution in [0.2, 0.25) is 0 Å². The van der Waals surface area contributed by atoms with Crippen LogP contribution in [0.1, 0.15) is 38.6 Å². The van der Waals surface area contributed by atoms with Crippen molar-refractivity contribution in [3.05, 3.63) is 36.2 Å². The predicted octanol–water partition coefficient (Wildman–Crippen LogP) is 1.51. The first-order valence-corrected chi connectivity index (χ1v) is 8.81. The van der Waals surface area contributed by atoms with Gasteiger partial charge in [0.25, 0.3) is 0 Å². The molecule has 1 fully saturated rings. The van der Waals surface area contributed by atoms with E-state index in [0.29, 0.717) is 18.4 Å². The molecule has 2 heterocycles. The van der Waals surface area contributed by atoms with E-state index in [1.54, 1.807) is 4.68 Å². The molecule has 1 saturated heterocycles. The van der Waals surface area contributed by atoms with Gasteiger partial charge in [-0.1, -0.05) is 25.1 Å². The second kappa shape index (κ2) is 8.06. The fourth-order valence-electron chi connectivity index (χ4n) is 3.28. The van der Waals surface area contributed by atoms with E-state index in [1.165, 1.54) is 6.42 Å². The van der Waals surface area contributed by atoms with Crippen molar-refractivity contribution >= 4 is 6.03 Å². The maximum Gasteiger partial charge on any atom is 0.315 e. The first-order valence-electron chi connectivity index (χ1n) is 8.81.